The molecule has 2 nitrogen and oxygen atoms in total. The summed E-state index contributed by atoms with van der Waals surface area (Å²) < 4.78 is 28.0. The Labute approximate surface area is 120 Å². The monoisotopic (exact) mass is 292 g/mol. The molecule has 0 spiro atoms. The number of rotatable bonds is 3. The van der Waals surface area contributed by atoms with Crippen LogP contribution in [0.25, 0.3) is 0 Å². The summed E-state index contributed by atoms with van der Waals surface area (Å²) in [5.74, 6) is -1.34. The van der Waals surface area contributed by atoms with Crippen LogP contribution in [-0.4, -0.2) is 7.05 Å². The summed E-state index contributed by atoms with van der Waals surface area (Å²) in [6.07, 6.45) is 0. The molecule has 0 aliphatic rings. The normalized spacial score (nSPS) is 10.2. The lowest BCUT2D eigenvalue weighted by Crippen LogP contribution is -2.13. The second-order valence-corrected chi connectivity index (χ2v) is 4.53. The third kappa shape index (κ3) is 2.73. The van der Waals surface area contributed by atoms with Crippen LogP contribution in [0.4, 0.5) is 20.2 Å². The first-order chi connectivity index (χ1) is 9.56. The van der Waals surface area contributed by atoms with Gasteiger partial charge in [-0.15, -0.1) is 11.6 Å². The molecule has 102 valence electrons. The average Bonchev–Trinajstić information content (AvgIpc) is 2.46. The van der Waals surface area contributed by atoms with Gasteiger partial charge in [-0.1, -0.05) is 6.07 Å². The van der Waals surface area contributed by atoms with E-state index in [-0.39, 0.29) is 11.6 Å². The molecule has 0 saturated carbocycles. The number of benzene rings is 2. The Morgan fingerprint density at radius 1 is 1.20 bits per heavy atom. The van der Waals surface area contributed by atoms with Crippen LogP contribution in [0, 0.1) is 23.0 Å². The van der Waals surface area contributed by atoms with Crippen molar-refractivity contribution >= 4 is 23.0 Å². The maximum absolute atomic E-state index is 14.0. The maximum atomic E-state index is 14.0. The number of hydrogen-bond acceptors (Lipinski definition) is 2. The number of nitriles is 1. The van der Waals surface area contributed by atoms with Gasteiger partial charge in [0.2, 0.25) is 0 Å². The Morgan fingerprint density at radius 2 is 1.85 bits per heavy atom. The lowest BCUT2D eigenvalue weighted by Gasteiger charge is -2.21. The zero-order valence-corrected chi connectivity index (χ0v) is 11.5. The van der Waals surface area contributed by atoms with Gasteiger partial charge in [-0.2, -0.15) is 5.26 Å². The van der Waals surface area contributed by atoms with Crippen LogP contribution < -0.4 is 4.90 Å². The third-order valence-corrected chi connectivity index (χ3v) is 3.24. The zero-order valence-electron chi connectivity index (χ0n) is 10.7. The average molecular weight is 293 g/mol. The van der Waals surface area contributed by atoms with Gasteiger partial charge in [-0.25, -0.2) is 8.78 Å². The Bertz CT molecular complexity index is 657. The van der Waals surface area contributed by atoms with Gasteiger partial charge in [-0.3, -0.25) is 0 Å². The molecule has 0 aliphatic carbocycles. The molecular weight excluding hydrogens is 282 g/mol. The zero-order chi connectivity index (χ0) is 14.7. The molecule has 0 fully saturated rings. The van der Waals surface area contributed by atoms with E-state index in [9.17, 15) is 8.78 Å². The Morgan fingerprint density at radius 3 is 2.40 bits per heavy atom. The SMILES string of the molecule is CN(c1cccc(C#N)c1)c1c(F)cc(CCl)cc1F. The molecule has 0 saturated heterocycles. The number of nitrogens with zero attached hydrogens (tertiary/aromatic N) is 2. The topological polar surface area (TPSA) is 27.0 Å². The van der Waals surface area contributed by atoms with E-state index in [2.05, 4.69) is 0 Å². The molecule has 0 amide bonds. The van der Waals surface area contributed by atoms with Gasteiger partial charge >= 0.3 is 0 Å². The van der Waals surface area contributed by atoms with Crippen LogP contribution in [0.15, 0.2) is 36.4 Å². The van der Waals surface area contributed by atoms with Crippen LogP contribution in [0.1, 0.15) is 11.1 Å². The van der Waals surface area contributed by atoms with Crippen molar-refractivity contribution in [2.75, 3.05) is 11.9 Å². The van der Waals surface area contributed by atoms with E-state index in [4.69, 9.17) is 16.9 Å². The fraction of sp³-hybridized carbons (Fsp3) is 0.133. The summed E-state index contributed by atoms with van der Waals surface area (Å²) in [4.78, 5) is 1.36. The quantitative estimate of drug-likeness (QED) is 0.787. The molecule has 0 atom stereocenters. The summed E-state index contributed by atoms with van der Waals surface area (Å²) >= 11 is 5.58. The summed E-state index contributed by atoms with van der Waals surface area (Å²) in [5.41, 5.74) is 1.16. The van der Waals surface area contributed by atoms with Gasteiger partial charge < -0.3 is 4.90 Å². The summed E-state index contributed by atoms with van der Waals surface area (Å²) in [7, 11) is 1.54. The molecule has 2 aromatic carbocycles. The van der Waals surface area contributed by atoms with Gasteiger partial charge in [0.1, 0.15) is 17.3 Å². The van der Waals surface area contributed by atoms with E-state index in [0.29, 0.717) is 16.8 Å². The van der Waals surface area contributed by atoms with Gasteiger partial charge in [0.25, 0.3) is 0 Å². The molecule has 5 heteroatoms. The maximum Gasteiger partial charge on any atom is 0.150 e. The predicted molar refractivity (Wildman–Crippen MR) is 75.1 cm³/mol. The van der Waals surface area contributed by atoms with Crippen molar-refractivity contribution in [3.8, 4) is 6.07 Å². The second-order valence-electron chi connectivity index (χ2n) is 4.26. The van der Waals surface area contributed by atoms with Crippen molar-refractivity contribution in [3.05, 3.63) is 59.2 Å². The van der Waals surface area contributed by atoms with Gasteiger partial charge in [0.05, 0.1) is 11.6 Å². The molecule has 0 bridgehead atoms. The smallest absolute Gasteiger partial charge is 0.150 e. The van der Waals surface area contributed by atoms with E-state index in [1.165, 1.54) is 17.0 Å². The van der Waals surface area contributed by atoms with Crippen LogP contribution in [-0.2, 0) is 5.88 Å². The Hall–Kier alpha value is -2.12. The number of alkyl halides is 1. The second kappa shape index (κ2) is 5.89. The van der Waals surface area contributed by atoms with E-state index in [0.717, 1.165) is 0 Å². The minimum Gasteiger partial charge on any atom is -0.340 e. The molecule has 0 radical (unpaired) electrons. The number of anilines is 2. The Kier molecular flexibility index (Phi) is 4.21. The molecule has 2 aromatic rings. The number of hydrogen-bond donors (Lipinski definition) is 0. The van der Waals surface area contributed by atoms with Crippen LogP contribution >= 0.6 is 11.6 Å². The molecule has 0 heterocycles. The van der Waals surface area contributed by atoms with E-state index < -0.39 is 11.6 Å². The highest BCUT2D eigenvalue weighted by Crippen LogP contribution is 2.30. The van der Waals surface area contributed by atoms with Crippen molar-refractivity contribution in [3.63, 3.8) is 0 Å². The fourth-order valence-corrected chi connectivity index (χ4v) is 2.08. The van der Waals surface area contributed by atoms with E-state index >= 15 is 0 Å². The molecular formula is C15H11ClF2N2. The van der Waals surface area contributed by atoms with Crippen molar-refractivity contribution in [1.29, 1.82) is 5.26 Å². The van der Waals surface area contributed by atoms with Gasteiger partial charge in [0.15, 0.2) is 0 Å². The van der Waals surface area contributed by atoms with Crippen molar-refractivity contribution in [1.82, 2.24) is 0 Å². The number of halogens is 3. The van der Waals surface area contributed by atoms with Crippen LogP contribution in [0.5, 0.6) is 0 Å². The molecule has 20 heavy (non-hydrogen) atoms. The van der Waals surface area contributed by atoms with Gasteiger partial charge in [0, 0.05) is 18.6 Å². The largest absolute Gasteiger partial charge is 0.340 e. The Balaban J connectivity index is 2.48. The van der Waals surface area contributed by atoms with E-state index in [1.54, 1.807) is 31.3 Å². The molecule has 0 N–H and O–H groups in total. The predicted octanol–water partition coefficient (Wildman–Crippen LogP) is 4.34. The fourth-order valence-electron chi connectivity index (χ4n) is 1.93. The molecule has 2 rings (SSSR count). The van der Waals surface area contributed by atoms with Crippen LogP contribution in [0.3, 0.4) is 0 Å². The first kappa shape index (κ1) is 14.3. The third-order valence-electron chi connectivity index (χ3n) is 2.93. The first-order valence-electron chi connectivity index (χ1n) is 5.84. The molecule has 0 aromatic heterocycles. The first-order valence-corrected chi connectivity index (χ1v) is 6.38. The standard InChI is InChI=1S/C15H11ClF2N2/c1-20(12-4-2-3-10(5-12)9-19)15-13(17)6-11(8-16)7-14(15)18/h2-7H,8H2,1H3. The molecule has 0 unspecified atom stereocenters. The highest BCUT2D eigenvalue weighted by Gasteiger charge is 2.16. The molecule has 0 aliphatic heterocycles. The van der Waals surface area contributed by atoms with E-state index in [1.807, 2.05) is 6.07 Å². The lowest BCUT2D eigenvalue weighted by atomic mass is 10.1. The minimum absolute atomic E-state index is 0.0434. The van der Waals surface area contributed by atoms with Crippen molar-refractivity contribution < 1.29 is 8.78 Å². The van der Waals surface area contributed by atoms with Crippen molar-refractivity contribution in [2.24, 2.45) is 0 Å². The minimum atomic E-state index is -0.689. The van der Waals surface area contributed by atoms with Crippen LogP contribution in [0.2, 0.25) is 0 Å². The highest BCUT2D eigenvalue weighted by atomic mass is 35.5. The summed E-state index contributed by atoms with van der Waals surface area (Å²) in [5, 5.41) is 8.86. The van der Waals surface area contributed by atoms with Crippen molar-refractivity contribution in [2.45, 2.75) is 5.88 Å². The summed E-state index contributed by atoms with van der Waals surface area (Å²) in [6, 6.07) is 10.9. The summed E-state index contributed by atoms with van der Waals surface area (Å²) in [6.45, 7) is 0. The van der Waals surface area contributed by atoms with Gasteiger partial charge in [-0.05, 0) is 35.9 Å². The highest BCUT2D eigenvalue weighted by molar-refractivity contribution is 6.17. The lowest BCUT2D eigenvalue weighted by molar-refractivity contribution is 0.582.